The van der Waals surface area contributed by atoms with Gasteiger partial charge in [-0.15, -0.1) is 0 Å². The van der Waals surface area contributed by atoms with Gasteiger partial charge in [-0.2, -0.15) is 5.26 Å². The van der Waals surface area contributed by atoms with Gasteiger partial charge in [-0.3, -0.25) is 9.59 Å². The monoisotopic (exact) mass is 523 g/mol. The average molecular weight is 524 g/mol. The molecule has 4 saturated carbocycles. The molecule has 1 aromatic rings. The standard InChI is InChI=1S/C26H29ClF3N3O3/c27-16-1-2-17(28)20(21(16)29)22(25-3-5-26(30,12-25)6-4-25)33-24(36)15-9-18(19(34)10-15)32-23(35)14-7-13(8-14)11-31/h1-2,13-15,18-19,22,34H,3-10,12H2,(H,32,35)(H,33,36)/t13?,14?,15-,18+,19-,22-,25?,26?/m1/s1. The molecule has 0 saturated heterocycles. The number of amides is 2. The van der Waals surface area contributed by atoms with Crippen LogP contribution in [0.5, 0.6) is 0 Å². The zero-order chi connectivity index (χ0) is 25.8. The largest absolute Gasteiger partial charge is 0.391 e. The summed E-state index contributed by atoms with van der Waals surface area (Å²) < 4.78 is 45.2. The second-order valence-electron chi connectivity index (χ2n) is 11.2. The molecule has 194 valence electrons. The van der Waals surface area contributed by atoms with Crippen molar-refractivity contribution in [3.8, 4) is 6.07 Å². The lowest BCUT2D eigenvalue weighted by Crippen LogP contribution is -2.46. The Labute approximate surface area is 212 Å². The van der Waals surface area contributed by atoms with Gasteiger partial charge in [-0.1, -0.05) is 11.6 Å². The second-order valence-corrected chi connectivity index (χ2v) is 11.6. The Kier molecular flexibility index (Phi) is 6.49. The lowest BCUT2D eigenvalue weighted by molar-refractivity contribution is -0.130. The van der Waals surface area contributed by atoms with Gasteiger partial charge in [-0.05, 0) is 75.3 Å². The number of carbonyl (C=O) groups is 2. The van der Waals surface area contributed by atoms with Crippen molar-refractivity contribution < 1.29 is 27.9 Å². The summed E-state index contributed by atoms with van der Waals surface area (Å²) in [4.78, 5) is 25.8. The fraction of sp³-hybridized carbons (Fsp3) is 0.654. The van der Waals surface area contributed by atoms with Crippen LogP contribution in [0.25, 0.3) is 0 Å². The van der Waals surface area contributed by atoms with Gasteiger partial charge in [-0.25, -0.2) is 13.2 Å². The molecule has 0 aromatic heterocycles. The third-order valence-electron chi connectivity index (χ3n) is 9.00. The number of nitrogens with zero attached hydrogens (tertiary/aromatic N) is 1. The second kappa shape index (κ2) is 9.21. The first-order valence-corrected chi connectivity index (χ1v) is 12.9. The molecule has 0 aliphatic heterocycles. The minimum absolute atomic E-state index is 0.0789. The van der Waals surface area contributed by atoms with Crippen LogP contribution in [0.15, 0.2) is 12.1 Å². The Balaban J connectivity index is 1.32. The van der Waals surface area contributed by atoms with Crippen molar-refractivity contribution in [2.24, 2.45) is 23.2 Å². The Bertz CT molecular complexity index is 1110. The Morgan fingerprint density at radius 1 is 1.08 bits per heavy atom. The van der Waals surface area contributed by atoms with E-state index in [1.54, 1.807) is 0 Å². The van der Waals surface area contributed by atoms with Crippen LogP contribution < -0.4 is 10.6 Å². The topological polar surface area (TPSA) is 102 Å². The summed E-state index contributed by atoms with van der Waals surface area (Å²) >= 11 is 5.95. The third kappa shape index (κ3) is 4.37. The summed E-state index contributed by atoms with van der Waals surface area (Å²) in [6.45, 7) is 0. The van der Waals surface area contributed by atoms with Crippen LogP contribution >= 0.6 is 11.6 Å². The van der Waals surface area contributed by atoms with E-state index in [1.807, 2.05) is 0 Å². The molecule has 0 radical (unpaired) electrons. The number of alkyl halides is 1. The number of hydrogen-bond acceptors (Lipinski definition) is 4. The molecule has 0 unspecified atom stereocenters. The van der Waals surface area contributed by atoms with Crippen molar-refractivity contribution in [1.82, 2.24) is 10.6 Å². The van der Waals surface area contributed by atoms with Gasteiger partial charge in [0.25, 0.3) is 0 Å². The van der Waals surface area contributed by atoms with E-state index in [-0.39, 0.29) is 60.4 Å². The van der Waals surface area contributed by atoms with Crippen LogP contribution in [0, 0.1) is 46.1 Å². The van der Waals surface area contributed by atoms with Gasteiger partial charge in [0, 0.05) is 23.3 Å². The molecule has 0 spiro atoms. The highest BCUT2D eigenvalue weighted by Gasteiger charge is 2.59. The van der Waals surface area contributed by atoms with Gasteiger partial charge >= 0.3 is 0 Å². The average Bonchev–Trinajstić information content (AvgIpc) is 3.46. The van der Waals surface area contributed by atoms with E-state index in [2.05, 4.69) is 16.7 Å². The van der Waals surface area contributed by atoms with Crippen molar-refractivity contribution >= 4 is 23.4 Å². The maximum atomic E-state index is 15.1. The smallest absolute Gasteiger partial charge is 0.223 e. The highest BCUT2D eigenvalue weighted by molar-refractivity contribution is 6.30. The Morgan fingerprint density at radius 2 is 1.75 bits per heavy atom. The van der Waals surface area contributed by atoms with Crippen LogP contribution in [0.3, 0.4) is 0 Å². The van der Waals surface area contributed by atoms with E-state index in [0.29, 0.717) is 25.7 Å². The van der Waals surface area contributed by atoms with Crippen molar-refractivity contribution in [3.05, 3.63) is 34.4 Å². The highest BCUT2D eigenvalue weighted by atomic mass is 35.5. The molecule has 3 N–H and O–H groups in total. The van der Waals surface area contributed by atoms with Crippen LogP contribution in [0.1, 0.15) is 69.4 Å². The fourth-order valence-electron chi connectivity index (χ4n) is 6.79. The number of rotatable bonds is 6. The molecular weight excluding hydrogens is 495 g/mol. The zero-order valence-corrected chi connectivity index (χ0v) is 20.5. The molecule has 4 aliphatic carbocycles. The zero-order valence-electron chi connectivity index (χ0n) is 19.7. The minimum Gasteiger partial charge on any atom is -0.391 e. The maximum Gasteiger partial charge on any atom is 0.223 e. The molecule has 5 rings (SSSR count). The van der Waals surface area contributed by atoms with E-state index >= 15 is 8.78 Å². The lowest BCUT2D eigenvalue weighted by Gasteiger charge is -2.37. The van der Waals surface area contributed by atoms with E-state index in [4.69, 9.17) is 16.9 Å². The number of nitriles is 1. The SMILES string of the molecule is N#CC1CC(C(=O)N[C@H]2C[C@@H](C(=O)N[C@H](c3c(F)ccc(Cl)c3F)C34CCC(F)(CC3)C4)C[C@H]2O)C1. The molecule has 2 amide bonds. The summed E-state index contributed by atoms with van der Waals surface area (Å²) in [5, 5.41) is 24.7. The van der Waals surface area contributed by atoms with Crippen molar-refractivity contribution in [2.75, 3.05) is 0 Å². The molecule has 10 heteroatoms. The van der Waals surface area contributed by atoms with Crippen LogP contribution in [-0.4, -0.2) is 34.7 Å². The number of aliphatic hydroxyl groups is 1. The summed E-state index contributed by atoms with van der Waals surface area (Å²) in [6.07, 6.45) is 1.67. The number of nitrogens with one attached hydrogen (secondary N) is 2. The van der Waals surface area contributed by atoms with Crippen LogP contribution in [0.2, 0.25) is 5.02 Å². The number of halogens is 4. The number of aliphatic hydroxyl groups excluding tert-OH is 1. The number of hydrogen-bond donors (Lipinski definition) is 3. The van der Waals surface area contributed by atoms with Crippen LogP contribution in [0.4, 0.5) is 13.2 Å². The number of benzene rings is 1. The molecular formula is C26H29ClF3N3O3. The van der Waals surface area contributed by atoms with E-state index in [1.165, 1.54) is 0 Å². The first-order chi connectivity index (χ1) is 17.0. The molecule has 4 aliphatic rings. The molecule has 4 atom stereocenters. The van der Waals surface area contributed by atoms with Gasteiger partial charge in [0.1, 0.15) is 17.3 Å². The minimum atomic E-state index is -1.40. The van der Waals surface area contributed by atoms with Crippen molar-refractivity contribution in [3.63, 3.8) is 0 Å². The molecule has 0 heterocycles. The molecule has 4 fully saturated rings. The fourth-order valence-corrected chi connectivity index (χ4v) is 6.96. The van der Waals surface area contributed by atoms with Gasteiger partial charge < -0.3 is 15.7 Å². The first kappa shape index (κ1) is 25.3. The van der Waals surface area contributed by atoms with E-state index < -0.39 is 52.7 Å². The summed E-state index contributed by atoms with van der Waals surface area (Å²) in [5.41, 5.74) is -2.59. The van der Waals surface area contributed by atoms with Gasteiger partial charge in [0.05, 0.1) is 29.3 Å². The van der Waals surface area contributed by atoms with Crippen molar-refractivity contribution in [2.45, 2.75) is 81.6 Å². The van der Waals surface area contributed by atoms with E-state index in [0.717, 1.165) is 12.1 Å². The first-order valence-electron chi connectivity index (χ1n) is 12.5. The molecule has 2 bridgehead atoms. The quantitative estimate of drug-likeness (QED) is 0.485. The van der Waals surface area contributed by atoms with E-state index in [9.17, 15) is 19.1 Å². The highest BCUT2D eigenvalue weighted by Crippen LogP contribution is 2.63. The molecule has 6 nitrogen and oxygen atoms in total. The predicted molar refractivity (Wildman–Crippen MR) is 124 cm³/mol. The third-order valence-corrected chi connectivity index (χ3v) is 9.29. The lowest BCUT2D eigenvalue weighted by atomic mass is 9.74. The number of carbonyl (C=O) groups excluding carboxylic acids is 2. The summed E-state index contributed by atoms with van der Waals surface area (Å²) in [7, 11) is 0. The van der Waals surface area contributed by atoms with Gasteiger partial charge in [0.15, 0.2) is 0 Å². The predicted octanol–water partition coefficient (Wildman–Crippen LogP) is 4.25. The van der Waals surface area contributed by atoms with Crippen molar-refractivity contribution in [1.29, 1.82) is 5.26 Å². The normalized spacial score (nSPS) is 37.7. The molecule has 36 heavy (non-hydrogen) atoms. The maximum absolute atomic E-state index is 15.1. The Morgan fingerprint density at radius 3 is 2.36 bits per heavy atom. The summed E-state index contributed by atoms with van der Waals surface area (Å²) in [6, 6.07) is 2.54. The number of fused-ring (bicyclic) bond motifs is 2. The Hall–Kier alpha value is -2.31. The van der Waals surface area contributed by atoms with Crippen LogP contribution in [-0.2, 0) is 9.59 Å². The summed E-state index contributed by atoms with van der Waals surface area (Å²) in [5.74, 6) is -3.67. The molecule has 1 aromatic carbocycles. The van der Waals surface area contributed by atoms with Gasteiger partial charge in [0.2, 0.25) is 11.8 Å².